The van der Waals surface area contributed by atoms with Gasteiger partial charge in [-0.15, -0.1) is 13.2 Å². The fourth-order valence-corrected chi connectivity index (χ4v) is 4.51. The molecule has 0 atom stereocenters. The predicted octanol–water partition coefficient (Wildman–Crippen LogP) is 7.84. The predicted molar refractivity (Wildman–Crippen MR) is 132 cm³/mol. The van der Waals surface area contributed by atoms with E-state index in [-0.39, 0.29) is 11.6 Å². The van der Waals surface area contributed by atoms with E-state index in [1.807, 2.05) is 6.92 Å². The Morgan fingerprint density at radius 3 is 2.12 bits per heavy atom. The summed E-state index contributed by atoms with van der Waals surface area (Å²) in [6, 6.07) is 10.0. The first kappa shape index (κ1) is 24.2. The third-order valence-electron chi connectivity index (χ3n) is 6.70. The smallest absolute Gasteiger partial charge is 0.147 e. The summed E-state index contributed by atoms with van der Waals surface area (Å²) in [7, 11) is 2.20. The molecule has 0 amide bonds. The monoisotopic (exact) mass is 438 g/mol. The fraction of sp³-hybridized carbons (Fsp3) is 0.429. The molecule has 2 nitrogen and oxygen atoms in total. The maximum Gasteiger partial charge on any atom is 0.147 e. The lowest BCUT2D eigenvalue weighted by molar-refractivity contribution is 0.230. The van der Waals surface area contributed by atoms with E-state index in [0.29, 0.717) is 11.4 Å². The molecule has 3 aromatic rings. The molecule has 0 radical (unpaired) electrons. The maximum absolute atomic E-state index is 14.3. The molecule has 4 heteroatoms. The number of likely N-dealkylation sites (tertiary alicyclic amines) is 1. The number of rotatable bonds is 2. The Morgan fingerprint density at radius 1 is 0.969 bits per heavy atom. The summed E-state index contributed by atoms with van der Waals surface area (Å²) in [5, 5.41) is 0.974. The van der Waals surface area contributed by atoms with E-state index in [1.54, 1.807) is 18.2 Å². The Kier molecular flexibility index (Phi) is 8.25. The molecule has 1 saturated carbocycles. The number of H-pyrrole nitrogens is 1. The summed E-state index contributed by atoms with van der Waals surface area (Å²) in [5.41, 5.74) is 4.53. The minimum Gasteiger partial charge on any atom is -0.352 e. The van der Waals surface area contributed by atoms with Gasteiger partial charge in [0, 0.05) is 5.39 Å². The Bertz CT molecular complexity index is 1000. The zero-order chi connectivity index (χ0) is 23.3. The Balaban J connectivity index is 0.000000244. The van der Waals surface area contributed by atoms with Crippen LogP contribution in [0.15, 0.2) is 49.6 Å². The lowest BCUT2D eigenvalue weighted by Crippen LogP contribution is -2.28. The molecule has 2 heterocycles. The highest BCUT2D eigenvalue weighted by Crippen LogP contribution is 2.45. The van der Waals surface area contributed by atoms with Crippen LogP contribution in [0.4, 0.5) is 8.78 Å². The summed E-state index contributed by atoms with van der Waals surface area (Å²) in [6.45, 7) is 12.9. The van der Waals surface area contributed by atoms with E-state index < -0.39 is 0 Å². The summed E-state index contributed by atoms with van der Waals surface area (Å²) in [4.78, 5) is 5.65. The van der Waals surface area contributed by atoms with Gasteiger partial charge < -0.3 is 9.88 Å². The molecular weight excluding hydrogens is 402 g/mol. The highest BCUT2D eigenvalue weighted by atomic mass is 19.1. The van der Waals surface area contributed by atoms with Crippen LogP contribution in [0.3, 0.4) is 0 Å². The summed E-state index contributed by atoms with van der Waals surface area (Å²) < 4.78 is 27.5. The number of aromatic amines is 1. The van der Waals surface area contributed by atoms with Crippen molar-refractivity contribution in [1.82, 2.24) is 9.88 Å². The summed E-state index contributed by atoms with van der Waals surface area (Å²) in [5.74, 6) is 0.970. The number of piperidine rings is 1. The minimum atomic E-state index is -0.257. The number of nitrogens with one attached hydrogen (secondary N) is 1. The zero-order valence-corrected chi connectivity index (χ0v) is 19.7. The topological polar surface area (TPSA) is 19.0 Å². The van der Waals surface area contributed by atoms with Gasteiger partial charge in [0.05, 0.1) is 11.2 Å². The van der Waals surface area contributed by atoms with Gasteiger partial charge in [-0.25, -0.2) is 8.78 Å². The average Bonchev–Trinajstić information content (AvgIpc) is 3.11. The van der Waals surface area contributed by atoms with Crippen LogP contribution >= 0.6 is 0 Å². The van der Waals surface area contributed by atoms with E-state index in [1.165, 1.54) is 50.0 Å². The standard InChI is InChI=1S/C19H17F2N.C7H15N.C2H4/c1-11-9-15-17(12-3-2-4-12)18(22-19(15)16(21)10-11)13-5-7-14(20)8-6-13;1-7-3-5-8(2)6-4-7;1-2/h5-10,12,22H,2-4H2,1H3;7H,3-6H2,1-2H3;1-2H2. The van der Waals surface area contributed by atoms with Crippen molar-refractivity contribution in [2.45, 2.75) is 51.9 Å². The zero-order valence-electron chi connectivity index (χ0n) is 19.7. The lowest BCUT2D eigenvalue weighted by Gasteiger charge is -2.26. The van der Waals surface area contributed by atoms with E-state index in [2.05, 4.69) is 43.1 Å². The van der Waals surface area contributed by atoms with Crippen LogP contribution in [0.25, 0.3) is 22.2 Å². The van der Waals surface area contributed by atoms with Crippen molar-refractivity contribution >= 4 is 10.9 Å². The van der Waals surface area contributed by atoms with E-state index in [4.69, 9.17) is 0 Å². The second kappa shape index (κ2) is 10.9. The van der Waals surface area contributed by atoms with Crippen LogP contribution in [0, 0.1) is 24.5 Å². The quantitative estimate of drug-likeness (QED) is 0.404. The van der Waals surface area contributed by atoms with Crippen molar-refractivity contribution in [1.29, 1.82) is 0 Å². The van der Waals surface area contributed by atoms with E-state index in [0.717, 1.165) is 41.0 Å². The van der Waals surface area contributed by atoms with Crippen molar-refractivity contribution in [2.75, 3.05) is 20.1 Å². The van der Waals surface area contributed by atoms with Crippen LogP contribution in [-0.4, -0.2) is 30.0 Å². The third-order valence-corrected chi connectivity index (χ3v) is 6.70. The van der Waals surface area contributed by atoms with Crippen molar-refractivity contribution in [3.8, 4) is 11.3 Å². The second-order valence-electron chi connectivity index (χ2n) is 9.20. The van der Waals surface area contributed by atoms with Crippen molar-refractivity contribution in [3.63, 3.8) is 0 Å². The van der Waals surface area contributed by atoms with Crippen LogP contribution in [0.5, 0.6) is 0 Å². The molecule has 1 saturated heterocycles. The van der Waals surface area contributed by atoms with Gasteiger partial charge in [-0.3, -0.25) is 0 Å². The number of aryl methyl sites for hydroxylation is 1. The van der Waals surface area contributed by atoms with Crippen LogP contribution in [-0.2, 0) is 0 Å². The Hall–Kier alpha value is -2.46. The van der Waals surface area contributed by atoms with Gasteiger partial charge in [0.25, 0.3) is 0 Å². The molecule has 172 valence electrons. The number of fused-ring (bicyclic) bond motifs is 1. The molecule has 1 N–H and O–H groups in total. The number of aromatic nitrogens is 1. The van der Waals surface area contributed by atoms with Gasteiger partial charge in [0.1, 0.15) is 11.6 Å². The summed E-state index contributed by atoms with van der Waals surface area (Å²) >= 11 is 0. The van der Waals surface area contributed by atoms with Gasteiger partial charge in [-0.1, -0.05) is 13.3 Å². The second-order valence-corrected chi connectivity index (χ2v) is 9.20. The van der Waals surface area contributed by atoms with Gasteiger partial charge in [0.2, 0.25) is 0 Å². The van der Waals surface area contributed by atoms with Gasteiger partial charge in [-0.2, -0.15) is 0 Å². The molecule has 0 unspecified atom stereocenters. The molecule has 1 aliphatic heterocycles. The summed E-state index contributed by atoms with van der Waals surface area (Å²) in [6.07, 6.45) is 6.29. The minimum absolute atomic E-state index is 0.219. The fourth-order valence-electron chi connectivity index (χ4n) is 4.51. The average molecular weight is 439 g/mol. The molecule has 32 heavy (non-hydrogen) atoms. The van der Waals surface area contributed by atoms with Gasteiger partial charge in [0.15, 0.2) is 0 Å². The van der Waals surface area contributed by atoms with Crippen molar-refractivity contribution in [2.24, 2.45) is 5.92 Å². The Morgan fingerprint density at radius 2 is 1.59 bits per heavy atom. The highest BCUT2D eigenvalue weighted by Gasteiger charge is 2.27. The van der Waals surface area contributed by atoms with Crippen molar-refractivity contribution in [3.05, 3.63) is 72.3 Å². The SMILES string of the molecule is C=C.CC1CCN(C)CC1.Cc1cc(F)c2[nH]c(-c3ccc(F)cc3)c(C3CCC3)c2c1. The molecule has 0 spiro atoms. The molecule has 5 rings (SSSR count). The van der Waals surface area contributed by atoms with Crippen LogP contribution < -0.4 is 0 Å². The number of hydrogen-bond donors (Lipinski definition) is 1. The van der Waals surface area contributed by atoms with E-state index >= 15 is 0 Å². The van der Waals surface area contributed by atoms with Crippen LogP contribution in [0.1, 0.15) is 56.1 Å². The van der Waals surface area contributed by atoms with Crippen LogP contribution in [0.2, 0.25) is 0 Å². The van der Waals surface area contributed by atoms with Gasteiger partial charge in [-0.05, 0) is 118 Å². The van der Waals surface area contributed by atoms with Crippen molar-refractivity contribution < 1.29 is 8.78 Å². The molecule has 0 bridgehead atoms. The third kappa shape index (κ3) is 5.47. The molecule has 2 aromatic carbocycles. The first-order valence-electron chi connectivity index (χ1n) is 11.7. The first-order chi connectivity index (χ1) is 15.4. The largest absolute Gasteiger partial charge is 0.352 e. The molecule has 2 fully saturated rings. The molecule has 1 aromatic heterocycles. The maximum atomic E-state index is 14.3. The van der Waals surface area contributed by atoms with Gasteiger partial charge >= 0.3 is 0 Å². The molecule has 1 aliphatic carbocycles. The number of hydrogen-bond acceptors (Lipinski definition) is 1. The number of benzene rings is 2. The first-order valence-corrected chi connectivity index (χ1v) is 11.7. The number of halogens is 2. The number of nitrogens with zero attached hydrogens (tertiary/aromatic N) is 1. The lowest BCUT2D eigenvalue weighted by atomic mass is 9.78. The normalized spacial score (nSPS) is 17.2. The van der Waals surface area contributed by atoms with E-state index in [9.17, 15) is 8.78 Å². The molecule has 2 aliphatic rings. The molecular formula is C28H36F2N2. The Labute approximate surface area is 191 Å². The highest BCUT2D eigenvalue weighted by molar-refractivity contribution is 5.92.